The quantitative estimate of drug-likeness (QED) is 0.906. The molecule has 0 spiro atoms. The van der Waals surface area contributed by atoms with E-state index in [2.05, 4.69) is 59.7 Å². The van der Waals surface area contributed by atoms with E-state index < -0.39 is 0 Å². The van der Waals surface area contributed by atoms with Gasteiger partial charge in [0.25, 0.3) is 0 Å². The average Bonchev–Trinajstić information content (AvgIpc) is 2.74. The van der Waals surface area contributed by atoms with Crippen LogP contribution in [-0.2, 0) is 13.5 Å². The van der Waals surface area contributed by atoms with Gasteiger partial charge in [-0.2, -0.15) is 5.10 Å². The van der Waals surface area contributed by atoms with E-state index in [9.17, 15) is 0 Å². The van der Waals surface area contributed by atoms with Crippen LogP contribution in [0.25, 0.3) is 0 Å². The standard InChI is InChI=1S/C16H24N4/c1-12-10-15(20(5)18-12)11-16(17-2)13-6-8-14(9-7-13)19(3)4/h6-10,16-17H,11H2,1-5H3. The molecule has 0 bridgehead atoms. The Kier molecular flexibility index (Phi) is 4.45. The third kappa shape index (κ3) is 3.20. The second kappa shape index (κ2) is 6.09. The van der Waals surface area contributed by atoms with E-state index in [0.29, 0.717) is 6.04 Å². The fourth-order valence-corrected chi connectivity index (χ4v) is 2.46. The Balaban J connectivity index is 2.17. The number of nitrogens with one attached hydrogen (secondary N) is 1. The molecule has 0 aliphatic heterocycles. The van der Waals surface area contributed by atoms with E-state index in [1.165, 1.54) is 16.9 Å². The van der Waals surface area contributed by atoms with Crippen molar-refractivity contribution < 1.29 is 0 Å². The van der Waals surface area contributed by atoms with Crippen LogP contribution in [0, 0.1) is 6.92 Å². The van der Waals surface area contributed by atoms with Gasteiger partial charge in [0, 0.05) is 45.0 Å². The molecule has 4 heteroatoms. The Bertz CT molecular complexity index is 554. The van der Waals surface area contributed by atoms with Crippen molar-refractivity contribution in [2.24, 2.45) is 7.05 Å². The van der Waals surface area contributed by atoms with E-state index in [-0.39, 0.29) is 0 Å². The summed E-state index contributed by atoms with van der Waals surface area (Å²) in [6.07, 6.45) is 0.940. The molecule has 0 aliphatic carbocycles. The van der Waals surface area contributed by atoms with Crippen LogP contribution in [-0.4, -0.2) is 30.9 Å². The lowest BCUT2D eigenvalue weighted by atomic mass is 10.0. The van der Waals surface area contributed by atoms with Gasteiger partial charge in [0.15, 0.2) is 0 Å². The lowest BCUT2D eigenvalue weighted by Crippen LogP contribution is -2.20. The first kappa shape index (κ1) is 14.6. The largest absolute Gasteiger partial charge is 0.378 e. The van der Waals surface area contributed by atoms with Gasteiger partial charge in [0.1, 0.15) is 0 Å². The highest BCUT2D eigenvalue weighted by Crippen LogP contribution is 2.21. The van der Waals surface area contributed by atoms with Gasteiger partial charge >= 0.3 is 0 Å². The van der Waals surface area contributed by atoms with Gasteiger partial charge in [-0.25, -0.2) is 0 Å². The molecule has 108 valence electrons. The van der Waals surface area contributed by atoms with Crippen LogP contribution < -0.4 is 10.2 Å². The number of aromatic nitrogens is 2. The lowest BCUT2D eigenvalue weighted by Gasteiger charge is -2.18. The first-order valence-corrected chi connectivity index (χ1v) is 6.95. The van der Waals surface area contributed by atoms with Gasteiger partial charge in [-0.05, 0) is 37.7 Å². The molecule has 0 radical (unpaired) electrons. The Morgan fingerprint density at radius 2 is 1.90 bits per heavy atom. The van der Waals surface area contributed by atoms with E-state index in [0.717, 1.165) is 12.1 Å². The molecule has 2 aromatic rings. The molecule has 20 heavy (non-hydrogen) atoms. The van der Waals surface area contributed by atoms with Crippen molar-refractivity contribution in [1.82, 2.24) is 15.1 Å². The fraction of sp³-hybridized carbons (Fsp3) is 0.438. The molecule has 0 saturated carbocycles. The van der Waals surface area contributed by atoms with Crippen molar-refractivity contribution >= 4 is 5.69 Å². The number of nitrogens with zero attached hydrogens (tertiary/aromatic N) is 3. The summed E-state index contributed by atoms with van der Waals surface area (Å²) < 4.78 is 1.97. The molecule has 1 heterocycles. The number of likely N-dealkylation sites (N-methyl/N-ethyl adjacent to an activating group) is 1. The Labute approximate surface area is 121 Å². The van der Waals surface area contributed by atoms with Crippen LogP contribution >= 0.6 is 0 Å². The highest BCUT2D eigenvalue weighted by molar-refractivity contribution is 5.46. The minimum atomic E-state index is 0.306. The van der Waals surface area contributed by atoms with Crippen LogP contribution in [0.3, 0.4) is 0 Å². The summed E-state index contributed by atoms with van der Waals surface area (Å²) in [5.41, 5.74) is 4.84. The van der Waals surface area contributed by atoms with Crippen LogP contribution in [0.2, 0.25) is 0 Å². The first-order valence-electron chi connectivity index (χ1n) is 6.95. The van der Waals surface area contributed by atoms with Crippen LogP contribution in [0.4, 0.5) is 5.69 Å². The molecular weight excluding hydrogens is 248 g/mol. The average molecular weight is 272 g/mol. The summed E-state index contributed by atoms with van der Waals surface area (Å²) in [7, 11) is 8.13. The molecule has 1 aromatic heterocycles. The molecule has 2 rings (SSSR count). The lowest BCUT2D eigenvalue weighted by molar-refractivity contribution is 0.561. The van der Waals surface area contributed by atoms with Crippen molar-refractivity contribution in [3.63, 3.8) is 0 Å². The second-order valence-electron chi connectivity index (χ2n) is 5.43. The third-order valence-electron chi connectivity index (χ3n) is 3.67. The fourth-order valence-electron chi connectivity index (χ4n) is 2.46. The van der Waals surface area contributed by atoms with Gasteiger partial charge in [-0.1, -0.05) is 12.1 Å². The summed E-state index contributed by atoms with van der Waals surface area (Å²) >= 11 is 0. The minimum Gasteiger partial charge on any atom is -0.378 e. The van der Waals surface area contributed by atoms with Crippen LogP contribution in [0.1, 0.15) is 23.0 Å². The number of benzene rings is 1. The smallest absolute Gasteiger partial charge is 0.0596 e. The highest BCUT2D eigenvalue weighted by Gasteiger charge is 2.13. The predicted octanol–water partition coefficient (Wildman–Crippen LogP) is 2.30. The van der Waals surface area contributed by atoms with E-state index in [1.54, 1.807) is 0 Å². The van der Waals surface area contributed by atoms with Gasteiger partial charge in [0.05, 0.1) is 5.69 Å². The molecule has 0 saturated heterocycles. The zero-order chi connectivity index (χ0) is 14.7. The van der Waals surface area contributed by atoms with E-state index in [4.69, 9.17) is 0 Å². The SMILES string of the molecule is CNC(Cc1cc(C)nn1C)c1ccc(N(C)C)cc1. The summed E-state index contributed by atoms with van der Waals surface area (Å²) in [5.74, 6) is 0. The van der Waals surface area contributed by atoms with Crippen LogP contribution in [0.5, 0.6) is 0 Å². The minimum absolute atomic E-state index is 0.306. The van der Waals surface area contributed by atoms with Gasteiger partial charge < -0.3 is 10.2 Å². The Morgan fingerprint density at radius 3 is 2.35 bits per heavy atom. The van der Waals surface area contributed by atoms with E-state index >= 15 is 0 Å². The molecule has 1 unspecified atom stereocenters. The number of aryl methyl sites for hydroxylation is 2. The summed E-state index contributed by atoms with van der Waals surface area (Å²) in [6.45, 7) is 2.03. The topological polar surface area (TPSA) is 33.1 Å². The summed E-state index contributed by atoms with van der Waals surface area (Å²) in [4.78, 5) is 2.11. The predicted molar refractivity (Wildman–Crippen MR) is 84.2 cm³/mol. The highest BCUT2D eigenvalue weighted by atomic mass is 15.3. The normalized spacial score (nSPS) is 12.4. The van der Waals surface area contributed by atoms with Crippen LogP contribution in [0.15, 0.2) is 30.3 Å². The van der Waals surface area contributed by atoms with Gasteiger partial charge in [-0.15, -0.1) is 0 Å². The van der Waals surface area contributed by atoms with Crippen molar-refractivity contribution in [3.05, 3.63) is 47.3 Å². The Hall–Kier alpha value is -1.81. The maximum Gasteiger partial charge on any atom is 0.0596 e. The second-order valence-corrected chi connectivity index (χ2v) is 5.43. The monoisotopic (exact) mass is 272 g/mol. The van der Waals surface area contributed by atoms with Crippen molar-refractivity contribution in [3.8, 4) is 0 Å². The maximum atomic E-state index is 4.41. The molecule has 0 aliphatic rings. The molecule has 4 nitrogen and oxygen atoms in total. The number of rotatable bonds is 5. The third-order valence-corrected chi connectivity index (χ3v) is 3.67. The molecule has 0 amide bonds. The molecular formula is C16H24N4. The Morgan fingerprint density at radius 1 is 1.25 bits per heavy atom. The first-order chi connectivity index (χ1) is 9.51. The zero-order valence-corrected chi connectivity index (χ0v) is 13.0. The number of anilines is 1. The van der Waals surface area contributed by atoms with Crippen molar-refractivity contribution in [1.29, 1.82) is 0 Å². The number of hydrogen-bond acceptors (Lipinski definition) is 3. The molecule has 1 atom stereocenters. The van der Waals surface area contributed by atoms with Crippen molar-refractivity contribution in [2.75, 3.05) is 26.0 Å². The van der Waals surface area contributed by atoms with Crippen molar-refractivity contribution in [2.45, 2.75) is 19.4 Å². The molecule has 0 fully saturated rings. The van der Waals surface area contributed by atoms with E-state index in [1.807, 2.05) is 25.7 Å². The molecule has 1 N–H and O–H groups in total. The van der Waals surface area contributed by atoms with Gasteiger partial charge in [0.2, 0.25) is 0 Å². The molecule has 1 aromatic carbocycles. The summed E-state index contributed by atoms with van der Waals surface area (Å²) in [6, 6.07) is 11.2. The van der Waals surface area contributed by atoms with Gasteiger partial charge in [-0.3, -0.25) is 4.68 Å². The summed E-state index contributed by atoms with van der Waals surface area (Å²) in [5, 5.41) is 7.81. The maximum absolute atomic E-state index is 4.41. The number of hydrogen-bond donors (Lipinski definition) is 1. The zero-order valence-electron chi connectivity index (χ0n) is 13.0.